The Kier molecular flexibility index (Phi) is 1.99. The number of rotatable bonds is 0. The molecule has 17 heavy (non-hydrogen) atoms. The van der Waals surface area contributed by atoms with Gasteiger partial charge in [0.05, 0.1) is 6.42 Å². The molecule has 1 spiro atoms. The molecule has 0 bridgehead atoms. The number of hydrogen-bond donors (Lipinski definition) is 0. The molecule has 0 aromatic heterocycles. The lowest BCUT2D eigenvalue weighted by atomic mass is 9.77. The third-order valence-electron chi connectivity index (χ3n) is 3.50. The Morgan fingerprint density at radius 3 is 2.71 bits per heavy atom. The molecule has 0 unspecified atom stereocenters. The molecule has 0 radical (unpaired) electrons. The Labute approximate surface area is 99.1 Å². The van der Waals surface area contributed by atoms with Gasteiger partial charge in [-0.05, 0) is 24.1 Å². The summed E-state index contributed by atoms with van der Waals surface area (Å²) in [5.41, 5.74) is 1.71. The van der Waals surface area contributed by atoms with Crippen LogP contribution in [0, 0.1) is 0 Å². The van der Waals surface area contributed by atoms with Gasteiger partial charge in [-0.25, -0.2) is 0 Å². The summed E-state index contributed by atoms with van der Waals surface area (Å²) in [5.74, 6) is -0.402. The van der Waals surface area contributed by atoms with Crippen LogP contribution in [0.2, 0.25) is 0 Å². The molecule has 0 N–H and O–H groups in total. The normalized spacial score (nSPS) is 26.8. The van der Waals surface area contributed by atoms with Crippen molar-refractivity contribution in [3.63, 3.8) is 0 Å². The van der Waals surface area contributed by atoms with Gasteiger partial charge in [0.2, 0.25) is 5.78 Å². The molecular weight excluding hydrogens is 216 g/mol. The molecule has 3 heteroatoms. The quantitative estimate of drug-likeness (QED) is 0.639. The first kappa shape index (κ1) is 10.3. The second kappa shape index (κ2) is 3.29. The average Bonchev–Trinajstić information content (AvgIpc) is 2.71. The minimum atomic E-state index is -1.05. The van der Waals surface area contributed by atoms with E-state index in [0.29, 0.717) is 12.8 Å². The second-order valence-corrected chi connectivity index (χ2v) is 4.54. The van der Waals surface area contributed by atoms with Crippen molar-refractivity contribution in [1.29, 1.82) is 0 Å². The molecule has 1 saturated heterocycles. The number of allylic oxidation sites excluding steroid dienone is 1. The van der Waals surface area contributed by atoms with Gasteiger partial charge in [0.1, 0.15) is 0 Å². The SMILES string of the molecule is CC1=CC(=O)[C@]2(CCC(=O)O2)c2ccccc21. The highest BCUT2D eigenvalue weighted by atomic mass is 16.6. The Morgan fingerprint density at radius 1 is 1.24 bits per heavy atom. The maximum absolute atomic E-state index is 12.2. The Morgan fingerprint density at radius 2 is 2.00 bits per heavy atom. The predicted octanol–water partition coefficient (Wildman–Crippen LogP) is 2.20. The number of ether oxygens (including phenoxy) is 1. The van der Waals surface area contributed by atoms with Gasteiger partial charge in [0, 0.05) is 12.0 Å². The first-order valence-corrected chi connectivity index (χ1v) is 5.68. The van der Waals surface area contributed by atoms with E-state index in [1.165, 1.54) is 0 Å². The van der Waals surface area contributed by atoms with Gasteiger partial charge >= 0.3 is 5.97 Å². The van der Waals surface area contributed by atoms with Gasteiger partial charge in [-0.15, -0.1) is 0 Å². The van der Waals surface area contributed by atoms with E-state index >= 15 is 0 Å². The molecule has 1 atom stereocenters. The summed E-state index contributed by atoms with van der Waals surface area (Å²) in [4.78, 5) is 23.5. The van der Waals surface area contributed by atoms with E-state index in [4.69, 9.17) is 4.74 Å². The van der Waals surface area contributed by atoms with Crippen molar-refractivity contribution in [2.45, 2.75) is 25.4 Å². The standard InChI is InChI=1S/C14H12O3/c1-9-8-12(15)14(7-6-13(16)17-14)11-5-3-2-4-10(9)11/h2-5,8H,6-7H2,1H3/t14-/m0/s1. The van der Waals surface area contributed by atoms with Crippen LogP contribution in [0.5, 0.6) is 0 Å². The fourth-order valence-electron chi connectivity index (χ4n) is 2.64. The third-order valence-corrected chi connectivity index (χ3v) is 3.50. The largest absolute Gasteiger partial charge is 0.446 e. The number of hydrogen-bond acceptors (Lipinski definition) is 3. The van der Waals surface area contributed by atoms with Crippen LogP contribution in [-0.2, 0) is 19.9 Å². The van der Waals surface area contributed by atoms with Gasteiger partial charge in [0.25, 0.3) is 0 Å². The number of fused-ring (bicyclic) bond motifs is 2. The van der Waals surface area contributed by atoms with Crippen LogP contribution in [0.4, 0.5) is 0 Å². The lowest BCUT2D eigenvalue weighted by Gasteiger charge is -2.31. The van der Waals surface area contributed by atoms with Crippen LogP contribution in [0.15, 0.2) is 30.3 Å². The van der Waals surface area contributed by atoms with Crippen molar-refractivity contribution in [2.24, 2.45) is 0 Å². The van der Waals surface area contributed by atoms with Crippen LogP contribution >= 0.6 is 0 Å². The van der Waals surface area contributed by atoms with Gasteiger partial charge < -0.3 is 4.74 Å². The molecule has 1 aliphatic carbocycles. The first-order valence-electron chi connectivity index (χ1n) is 5.68. The van der Waals surface area contributed by atoms with Crippen LogP contribution < -0.4 is 0 Å². The molecule has 1 fully saturated rings. The van der Waals surface area contributed by atoms with E-state index in [2.05, 4.69) is 0 Å². The Balaban J connectivity index is 2.25. The minimum absolute atomic E-state index is 0.112. The van der Waals surface area contributed by atoms with Crippen molar-refractivity contribution in [3.05, 3.63) is 41.5 Å². The summed E-state index contributed by atoms with van der Waals surface area (Å²) < 4.78 is 5.34. The fraction of sp³-hybridized carbons (Fsp3) is 0.286. The van der Waals surface area contributed by atoms with Gasteiger partial charge in [-0.1, -0.05) is 24.3 Å². The van der Waals surface area contributed by atoms with E-state index in [1.807, 2.05) is 31.2 Å². The van der Waals surface area contributed by atoms with E-state index in [0.717, 1.165) is 16.7 Å². The Hall–Kier alpha value is -1.90. The number of esters is 1. The molecule has 3 nitrogen and oxygen atoms in total. The highest BCUT2D eigenvalue weighted by Gasteiger charge is 2.50. The summed E-state index contributed by atoms with van der Waals surface area (Å²) in [6, 6.07) is 7.64. The lowest BCUT2D eigenvalue weighted by molar-refractivity contribution is -0.156. The van der Waals surface area contributed by atoms with E-state index in [1.54, 1.807) is 6.08 Å². The van der Waals surface area contributed by atoms with Crippen molar-refractivity contribution in [1.82, 2.24) is 0 Å². The molecule has 86 valence electrons. The van der Waals surface area contributed by atoms with Crippen LogP contribution in [0.3, 0.4) is 0 Å². The Bertz CT molecular complexity index is 556. The van der Waals surface area contributed by atoms with Crippen LogP contribution in [0.1, 0.15) is 30.9 Å². The summed E-state index contributed by atoms with van der Waals surface area (Å²) >= 11 is 0. The topological polar surface area (TPSA) is 43.4 Å². The molecule has 2 aliphatic rings. The first-order chi connectivity index (χ1) is 8.13. The maximum atomic E-state index is 12.2. The molecule has 1 heterocycles. The van der Waals surface area contributed by atoms with Gasteiger partial charge in [-0.3, -0.25) is 9.59 Å². The zero-order chi connectivity index (χ0) is 12.0. The molecule has 0 saturated carbocycles. The van der Waals surface area contributed by atoms with E-state index in [9.17, 15) is 9.59 Å². The zero-order valence-electron chi connectivity index (χ0n) is 9.53. The van der Waals surface area contributed by atoms with E-state index in [-0.39, 0.29) is 11.8 Å². The summed E-state index contributed by atoms with van der Waals surface area (Å²) in [6.07, 6.45) is 2.35. The van der Waals surface area contributed by atoms with Gasteiger partial charge in [-0.2, -0.15) is 0 Å². The summed E-state index contributed by atoms with van der Waals surface area (Å²) in [6.45, 7) is 1.90. The van der Waals surface area contributed by atoms with Crippen LogP contribution in [0.25, 0.3) is 5.57 Å². The molecule has 3 rings (SSSR count). The number of ketones is 1. The van der Waals surface area contributed by atoms with Crippen molar-refractivity contribution >= 4 is 17.3 Å². The van der Waals surface area contributed by atoms with Crippen molar-refractivity contribution < 1.29 is 14.3 Å². The second-order valence-electron chi connectivity index (χ2n) is 4.54. The third kappa shape index (κ3) is 1.28. The molecule has 0 amide bonds. The lowest BCUT2D eigenvalue weighted by Crippen LogP contribution is -2.37. The predicted molar refractivity (Wildman–Crippen MR) is 62.1 cm³/mol. The summed E-state index contributed by atoms with van der Waals surface area (Å²) in [5, 5.41) is 0. The molecule has 1 aromatic rings. The summed E-state index contributed by atoms with van der Waals surface area (Å²) in [7, 11) is 0. The number of benzene rings is 1. The maximum Gasteiger partial charge on any atom is 0.307 e. The number of carbonyl (C=O) groups is 2. The van der Waals surface area contributed by atoms with Gasteiger partial charge in [0.15, 0.2) is 5.60 Å². The highest BCUT2D eigenvalue weighted by Crippen LogP contribution is 2.44. The molecular formula is C14H12O3. The number of carbonyl (C=O) groups excluding carboxylic acids is 2. The van der Waals surface area contributed by atoms with Crippen molar-refractivity contribution in [3.8, 4) is 0 Å². The van der Waals surface area contributed by atoms with E-state index < -0.39 is 5.60 Å². The molecule has 1 aliphatic heterocycles. The van der Waals surface area contributed by atoms with Crippen molar-refractivity contribution in [2.75, 3.05) is 0 Å². The monoisotopic (exact) mass is 228 g/mol. The smallest absolute Gasteiger partial charge is 0.307 e. The highest BCUT2D eigenvalue weighted by molar-refractivity contribution is 6.08. The minimum Gasteiger partial charge on any atom is -0.446 e. The molecule has 1 aromatic carbocycles. The fourth-order valence-corrected chi connectivity index (χ4v) is 2.64. The van der Waals surface area contributed by atoms with Crippen LogP contribution in [-0.4, -0.2) is 11.8 Å². The zero-order valence-corrected chi connectivity index (χ0v) is 9.53. The average molecular weight is 228 g/mol.